The van der Waals surface area contributed by atoms with E-state index in [2.05, 4.69) is 24.5 Å². The van der Waals surface area contributed by atoms with Crippen LogP contribution in [0.2, 0.25) is 0 Å². The smallest absolute Gasteiger partial charge is 0.242 e. The number of carbonyl (C=O) groups excluding carboxylic acids is 2. The molecular formula is C37H68N3O2+. The van der Waals surface area contributed by atoms with Gasteiger partial charge >= 0.3 is 0 Å². The van der Waals surface area contributed by atoms with Crippen LogP contribution in [-0.4, -0.2) is 24.4 Å². The van der Waals surface area contributed by atoms with Crippen LogP contribution in [0.5, 0.6) is 0 Å². The third-order valence-electron chi connectivity index (χ3n) is 8.48. The number of nitrogens with zero attached hydrogens (tertiary/aromatic N) is 1. The number of hydrogen-bond acceptors (Lipinski definition) is 2. The molecule has 0 saturated carbocycles. The van der Waals surface area contributed by atoms with Gasteiger partial charge in [0.25, 0.3) is 0 Å². The second-order valence-electron chi connectivity index (χ2n) is 12.7. The SMILES string of the molecule is CCCCCCCCCCCCCCNC(=O)C(Cc1cc[n+](C)cc1)NC(=O)CCCCCCCCCCCCC. The number of unbranched alkanes of at least 4 members (excludes halogenated alkanes) is 21. The van der Waals surface area contributed by atoms with Crippen molar-refractivity contribution in [2.24, 2.45) is 7.05 Å². The molecule has 0 fully saturated rings. The number of carbonyl (C=O) groups is 2. The van der Waals surface area contributed by atoms with Gasteiger partial charge in [0.05, 0.1) is 0 Å². The molecule has 242 valence electrons. The molecule has 2 N–H and O–H groups in total. The second kappa shape index (κ2) is 27.9. The van der Waals surface area contributed by atoms with Gasteiger partial charge in [0.2, 0.25) is 11.8 Å². The van der Waals surface area contributed by atoms with Gasteiger partial charge < -0.3 is 10.6 Å². The molecule has 0 aliphatic rings. The molecule has 1 aromatic heterocycles. The molecule has 1 heterocycles. The Morgan fingerprint density at radius 1 is 0.619 bits per heavy atom. The molecule has 1 rings (SSSR count). The lowest BCUT2D eigenvalue weighted by atomic mass is 10.0. The normalized spacial score (nSPS) is 11.9. The highest BCUT2D eigenvalue weighted by Crippen LogP contribution is 2.13. The average Bonchev–Trinajstić information content (AvgIpc) is 2.99. The Kier molecular flexibility index (Phi) is 25.3. The lowest BCUT2D eigenvalue weighted by Crippen LogP contribution is -2.48. The fourth-order valence-corrected chi connectivity index (χ4v) is 5.63. The largest absolute Gasteiger partial charge is 0.354 e. The Morgan fingerprint density at radius 2 is 1.02 bits per heavy atom. The van der Waals surface area contributed by atoms with Gasteiger partial charge in [-0.25, -0.2) is 4.57 Å². The molecular weight excluding hydrogens is 518 g/mol. The molecule has 1 unspecified atom stereocenters. The van der Waals surface area contributed by atoms with Gasteiger partial charge in [-0.15, -0.1) is 0 Å². The number of hydrogen-bond donors (Lipinski definition) is 2. The average molecular weight is 587 g/mol. The maximum absolute atomic E-state index is 13.1. The van der Waals surface area contributed by atoms with Crippen LogP contribution in [-0.2, 0) is 23.1 Å². The van der Waals surface area contributed by atoms with Crippen LogP contribution in [0.3, 0.4) is 0 Å². The fraction of sp³-hybridized carbons (Fsp3) is 0.811. The summed E-state index contributed by atoms with van der Waals surface area (Å²) < 4.78 is 1.98. The van der Waals surface area contributed by atoms with Crippen LogP contribution in [0.1, 0.15) is 174 Å². The maximum atomic E-state index is 13.1. The first kappa shape index (κ1) is 38.1. The zero-order valence-corrected chi connectivity index (χ0v) is 28.0. The molecule has 0 aromatic carbocycles. The Morgan fingerprint density at radius 3 is 1.48 bits per heavy atom. The van der Waals surface area contributed by atoms with Crippen LogP contribution >= 0.6 is 0 Å². The Balaban J connectivity index is 2.25. The molecule has 1 aromatic rings. The highest BCUT2D eigenvalue weighted by atomic mass is 16.2. The van der Waals surface area contributed by atoms with Crippen LogP contribution < -0.4 is 15.2 Å². The molecule has 1 atom stereocenters. The van der Waals surface area contributed by atoms with Gasteiger partial charge in [0, 0.05) is 31.5 Å². The van der Waals surface area contributed by atoms with E-state index in [0.717, 1.165) is 31.2 Å². The summed E-state index contributed by atoms with van der Waals surface area (Å²) in [6.07, 6.45) is 34.6. The number of pyridine rings is 1. The summed E-state index contributed by atoms with van der Waals surface area (Å²) in [5, 5.41) is 6.16. The lowest BCUT2D eigenvalue weighted by molar-refractivity contribution is -0.671. The van der Waals surface area contributed by atoms with Crippen LogP contribution in [0, 0.1) is 0 Å². The highest BCUT2D eigenvalue weighted by Gasteiger charge is 2.21. The minimum Gasteiger partial charge on any atom is -0.354 e. The number of rotatable bonds is 29. The van der Waals surface area contributed by atoms with Gasteiger partial charge in [-0.05, 0) is 18.4 Å². The van der Waals surface area contributed by atoms with Crippen molar-refractivity contribution in [3.8, 4) is 0 Å². The third kappa shape index (κ3) is 22.7. The molecule has 0 saturated heterocycles. The Labute approximate surface area is 260 Å². The zero-order valence-electron chi connectivity index (χ0n) is 28.0. The van der Waals surface area contributed by atoms with Crippen molar-refractivity contribution in [2.75, 3.05) is 6.54 Å². The van der Waals surface area contributed by atoms with E-state index in [9.17, 15) is 9.59 Å². The molecule has 0 spiro atoms. The Bertz CT molecular complexity index is 765. The van der Waals surface area contributed by atoms with E-state index >= 15 is 0 Å². The molecule has 5 nitrogen and oxygen atoms in total. The summed E-state index contributed by atoms with van der Waals surface area (Å²) in [4.78, 5) is 25.8. The number of aromatic nitrogens is 1. The minimum absolute atomic E-state index is 0.00192. The summed E-state index contributed by atoms with van der Waals surface area (Å²) >= 11 is 0. The van der Waals surface area contributed by atoms with Crippen LogP contribution in [0.15, 0.2) is 24.5 Å². The first-order valence-corrected chi connectivity index (χ1v) is 18.1. The maximum Gasteiger partial charge on any atom is 0.242 e. The summed E-state index contributed by atoms with van der Waals surface area (Å²) in [6, 6.07) is 3.54. The molecule has 5 heteroatoms. The van der Waals surface area contributed by atoms with Crippen molar-refractivity contribution in [1.82, 2.24) is 10.6 Å². The van der Waals surface area contributed by atoms with E-state index in [1.807, 2.05) is 36.1 Å². The fourth-order valence-electron chi connectivity index (χ4n) is 5.63. The standard InChI is InChI=1S/C37H67N3O2/c1-4-6-8-10-12-14-16-18-20-22-24-26-30-38-37(42)35(33-34-28-31-40(3)32-29-34)39-36(41)27-25-23-21-19-17-15-13-11-9-7-5-2/h28-29,31-32,35H,4-27,30,33H2,1-3H3,(H-,38,39,41,42)/p+1. The summed E-state index contributed by atoms with van der Waals surface area (Å²) in [5.41, 5.74) is 1.06. The van der Waals surface area contributed by atoms with Crippen molar-refractivity contribution in [1.29, 1.82) is 0 Å². The van der Waals surface area contributed by atoms with Gasteiger partial charge in [-0.2, -0.15) is 0 Å². The van der Waals surface area contributed by atoms with Gasteiger partial charge in [-0.1, -0.05) is 149 Å². The Hall–Kier alpha value is -1.91. The second-order valence-corrected chi connectivity index (χ2v) is 12.7. The first-order chi connectivity index (χ1) is 20.6. The van der Waals surface area contributed by atoms with E-state index in [4.69, 9.17) is 0 Å². The number of aryl methyl sites for hydroxylation is 1. The van der Waals surface area contributed by atoms with Gasteiger partial charge in [0.15, 0.2) is 12.4 Å². The van der Waals surface area contributed by atoms with Crippen LogP contribution in [0.4, 0.5) is 0 Å². The van der Waals surface area contributed by atoms with E-state index in [1.165, 1.54) is 122 Å². The summed E-state index contributed by atoms with van der Waals surface area (Å²) in [7, 11) is 1.98. The highest BCUT2D eigenvalue weighted by molar-refractivity contribution is 5.87. The molecule has 2 amide bonds. The van der Waals surface area contributed by atoms with Gasteiger partial charge in [-0.3, -0.25) is 9.59 Å². The quantitative estimate of drug-likeness (QED) is 0.0726. The first-order valence-electron chi connectivity index (χ1n) is 18.1. The van der Waals surface area contributed by atoms with Crippen LogP contribution in [0.25, 0.3) is 0 Å². The number of amides is 2. The van der Waals surface area contributed by atoms with Crippen molar-refractivity contribution in [2.45, 2.75) is 180 Å². The molecule has 0 bridgehead atoms. The number of nitrogens with one attached hydrogen (secondary N) is 2. The van der Waals surface area contributed by atoms with Gasteiger partial charge in [0.1, 0.15) is 13.1 Å². The molecule has 0 aliphatic carbocycles. The van der Waals surface area contributed by atoms with E-state index in [-0.39, 0.29) is 11.8 Å². The van der Waals surface area contributed by atoms with Crippen molar-refractivity contribution >= 4 is 11.8 Å². The predicted octanol–water partition coefficient (Wildman–Crippen LogP) is 9.06. The van der Waals surface area contributed by atoms with E-state index in [0.29, 0.717) is 19.4 Å². The van der Waals surface area contributed by atoms with Crippen molar-refractivity contribution in [3.63, 3.8) is 0 Å². The third-order valence-corrected chi connectivity index (χ3v) is 8.48. The summed E-state index contributed by atoms with van der Waals surface area (Å²) in [5.74, 6) is -0.0588. The van der Waals surface area contributed by atoms with E-state index < -0.39 is 6.04 Å². The molecule has 0 aliphatic heterocycles. The topological polar surface area (TPSA) is 62.1 Å². The van der Waals surface area contributed by atoms with Crippen molar-refractivity contribution < 1.29 is 14.2 Å². The summed E-state index contributed by atoms with van der Waals surface area (Å²) in [6.45, 7) is 5.22. The predicted molar refractivity (Wildman–Crippen MR) is 178 cm³/mol. The molecule has 0 radical (unpaired) electrons. The van der Waals surface area contributed by atoms with E-state index in [1.54, 1.807) is 0 Å². The lowest BCUT2D eigenvalue weighted by Gasteiger charge is -2.18. The van der Waals surface area contributed by atoms with Crippen molar-refractivity contribution in [3.05, 3.63) is 30.1 Å². The molecule has 42 heavy (non-hydrogen) atoms. The zero-order chi connectivity index (χ0) is 30.5. The monoisotopic (exact) mass is 587 g/mol. The minimum atomic E-state index is -0.518.